The average molecular weight is 386 g/mol. The molecule has 1 saturated heterocycles. The maximum Gasteiger partial charge on any atom is 0.254 e. The third-order valence-electron chi connectivity index (χ3n) is 5.96. The number of aromatic nitrogens is 1. The smallest absolute Gasteiger partial charge is 0.254 e. The zero-order valence-corrected chi connectivity index (χ0v) is 16.2. The summed E-state index contributed by atoms with van der Waals surface area (Å²) in [4.78, 5) is 32.5. The van der Waals surface area contributed by atoms with Crippen LogP contribution in [0.15, 0.2) is 54.6 Å². The van der Waals surface area contributed by atoms with Crippen LogP contribution >= 0.6 is 0 Å². The number of nitrogens with zero attached hydrogens (tertiary/aromatic N) is 2. The number of rotatable bonds is 1. The molecule has 2 amide bonds. The van der Waals surface area contributed by atoms with Crippen LogP contribution in [0.4, 0.5) is 11.4 Å². The van der Waals surface area contributed by atoms with Gasteiger partial charge in [0.15, 0.2) is 0 Å². The van der Waals surface area contributed by atoms with Gasteiger partial charge in [0.1, 0.15) is 5.54 Å². The molecule has 2 aliphatic rings. The number of hydrogen-bond donors (Lipinski definition) is 2. The molecule has 29 heavy (non-hydrogen) atoms. The van der Waals surface area contributed by atoms with E-state index in [1.165, 1.54) is 0 Å². The lowest BCUT2D eigenvalue weighted by atomic mass is 9.84. The van der Waals surface area contributed by atoms with E-state index >= 15 is 0 Å². The first-order chi connectivity index (χ1) is 14.1. The van der Waals surface area contributed by atoms with Gasteiger partial charge >= 0.3 is 0 Å². The number of anilines is 2. The molecule has 1 aromatic heterocycles. The highest BCUT2D eigenvalue weighted by atomic mass is 16.2. The fourth-order valence-corrected chi connectivity index (χ4v) is 4.36. The Balaban J connectivity index is 1.39. The zero-order valence-electron chi connectivity index (χ0n) is 16.2. The van der Waals surface area contributed by atoms with Crippen LogP contribution in [0.2, 0.25) is 0 Å². The monoisotopic (exact) mass is 386 g/mol. The predicted octanol–water partition coefficient (Wildman–Crippen LogP) is 3.58. The van der Waals surface area contributed by atoms with E-state index in [9.17, 15) is 9.59 Å². The molecule has 2 aromatic carbocycles. The van der Waals surface area contributed by atoms with Crippen molar-refractivity contribution in [2.75, 3.05) is 23.7 Å². The Labute approximate surface area is 168 Å². The third kappa shape index (κ3) is 2.92. The van der Waals surface area contributed by atoms with E-state index in [1.54, 1.807) is 0 Å². The van der Waals surface area contributed by atoms with Gasteiger partial charge in [0.05, 0.1) is 22.5 Å². The number of carbonyl (C=O) groups is 2. The number of fused-ring (bicyclic) bond motifs is 2. The molecule has 0 atom stereocenters. The van der Waals surface area contributed by atoms with Crippen molar-refractivity contribution in [3.63, 3.8) is 0 Å². The molecule has 1 spiro atoms. The topological polar surface area (TPSA) is 74.3 Å². The quantitative estimate of drug-likeness (QED) is 0.670. The van der Waals surface area contributed by atoms with E-state index in [2.05, 4.69) is 15.6 Å². The predicted molar refractivity (Wildman–Crippen MR) is 113 cm³/mol. The van der Waals surface area contributed by atoms with Crippen LogP contribution in [-0.4, -0.2) is 40.3 Å². The first-order valence-electron chi connectivity index (χ1n) is 9.90. The van der Waals surface area contributed by atoms with Crippen LogP contribution in [-0.2, 0) is 4.79 Å². The molecule has 0 unspecified atom stereocenters. The molecular formula is C23H22N4O2. The first-order valence-corrected chi connectivity index (χ1v) is 9.90. The number of hydrogen-bond acceptors (Lipinski definition) is 4. The van der Waals surface area contributed by atoms with E-state index in [1.807, 2.05) is 66.4 Å². The van der Waals surface area contributed by atoms with Crippen molar-refractivity contribution in [1.82, 2.24) is 9.88 Å². The molecule has 0 saturated carbocycles. The van der Waals surface area contributed by atoms with Crippen LogP contribution in [0.1, 0.15) is 28.9 Å². The second-order valence-corrected chi connectivity index (χ2v) is 7.83. The second kappa shape index (κ2) is 6.58. The molecule has 6 nitrogen and oxygen atoms in total. The molecule has 0 bridgehead atoms. The van der Waals surface area contributed by atoms with Crippen LogP contribution in [0.3, 0.4) is 0 Å². The largest absolute Gasteiger partial charge is 0.369 e. The van der Waals surface area contributed by atoms with E-state index in [-0.39, 0.29) is 11.8 Å². The second-order valence-electron chi connectivity index (χ2n) is 7.83. The van der Waals surface area contributed by atoms with E-state index in [4.69, 9.17) is 0 Å². The highest BCUT2D eigenvalue weighted by Gasteiger charge is 2.45. The Morgan fingerprint density at radius 3 is 2.52 bits per heavy atom. The lowest BCUT2D eigenvalue weighted by Gasteiger charge is -2.44. The van der Waals surface area contributed by atoms with Gasteiger partial charge in [-0.1, -0.05) is 30.3 Å². The highest BCUT2D eigenvalue weighted by molar-refractivity contribution is 6.08. The summed E-state index contributed by atoms with van der Waals surface area (Å²) in [5.74, 6) is -0.0216. The number of piperidine rings is 1. The lowest BCUT2D eigenvalue weighted by Crippen LogP contribution is -2.59. The fourth-order valence-electron chi connectivity index (χ4n) is 4.36. The molecule has 2 aliphatic heterocycles. The standard InChI is InChI=1S/C23H22N4O2/c1-15-14-17(16-6-2-3-7-18(16)24-15)21(28)27-12-10-23(11-13-27)22(29)25-19-8-4-5-9-20(19)26-23/h2-9,14,26H,10-13H2,1H3,(H,25,29). The van der Waals surface area contributed by atoms with Crippen molar-refractivity contribution in [2.45, 2.75) is 25.3 Å². The van der Waals surface area contributed by atoms with Crippen molar-refractivity contribution >= 4 is 34.1 Å². The molecule has 3 aromatic rings. The number of carbonyl (C=O) groups excluding carboxylic acids is 2. The fraction of sp³-hybridized carbons (Fsp3) is 0.261. The first kappa shape index (κ1) is 17.7. The van der Waals surface area contributed by atoms with Gasteiger partial charge in [-0.15, -0.1) is 0 Å². The number of pyridine rings is 1. The van der Waals surface area contributed by atoms with Crippen molar-refractivity contribution in [1.29, 1.82) is 0 Å². The normalized spacial score (nSPS) is 17.6. The van der Waals surface area contributed by atoms with Gasteiger partial charge in [-0.3, -0.25) is 14.6 Å². The van der Waals surface area contributed by atoms with Crippen molar-refractivity contribution < 1.29 is 9.59 Å². The van der Waals surface area contributed by atoms with Crippen molar-refractivity contribution in [3.8, 4) is 0 Å². The highest BCUT2D eigenvalue weighted by Crippen LogP contribution is 2.36. The molecule has 6 heteroatoms. The molecule has 2 N–H and O–H groups in total. The zero-order chi connectivity index (χ0) is 20.0. The number of amides is 2. The minimum Gasteiger partial charge on any atom is -0.369 e. The van der Waals surface area contributed by atoms with Gasteiger partial charge in [0.2, 0.25) is 5.91 Å². The Bertz CT molecular complexity index is 1130. The number of likely N-dealkylation sites (tertiary alicyclic amines) is 1. The maximum absolute atomic E-state index is 13.3. The summed E-state index contributed by atoms with van der Waals surface area (Å²) in [6, 6.07) is 17.3. The van der Waals surface area contributed by atoms with Crippen molar-refractivity contribution in [3.05, 3.63) is 65.9 Å². The number of nitrogens with one attached hydrogen (secondary N) is 2. The number of aryl methyl sites for hydroxylation is 1. The van der Waals surface area contributed by atoms with E-state index in [0.29, 0.717) is 31.5 Å². The molecule has 1 fully saturated rings. The van der Waals surface area contributed by atoms with Crippen LogP contribution in [0.25, 0.3) is 10.9 Å². The van der Waals surface area contributed by atoms with Gasteiger partial charge in [-0.2, -0.15) is 0 Å². The Morgan fingerprint density at radius 1 is 1.03 bits per heavy atom. The SMILES string of the molecule is Cc1cc(C(=O)N2CCC3(CC2)Nc2ccccc2NC3=O)c2ccccc2n1. The Kier molecular flexibility index (Phi) is 4.01. The van der Waals surface area contributed by atoms with Gasteiger partial charge in [-0.05, 0) is 44.0 Å². The van der Waals surface area contributed by atoms with Crippen LogP contribution < -0.4 is 10.6 Å². The summed E-state index contributed by atoms with van der Waals surface area (Å²) in [7, 11) is 0. The molecule has 0 radical (unpaired) electrons. The van der Waals surface area contributed by atoms with E-state index < -0.39 is 5.54 Å². The van der Waals surface area contributed by atoms with Crippen LogP contribution in [0, 0.1) is 6.92 Å². The summed E-state index contributed by atoms with van der Waals surface area (Å²) in [6.45, 7) is 2.95. The summed E-state index contributed by atoms with van der Waals surface area (Å²) in [5, 5.41) is 7.32. The average Bonchev–Trinajstić information content (AvgIpc) is 2.74. The van der Waals surface area contributed by atoms with Gasteiger partial charge < -0.3 is 15.5 Å². The summed E-state index contributed by atoms with van der Waals surface area (Å²) < 4.78 is 0. The van der Waals surface area contributed by atoms with Crippen molar-refractivity contribution in [2.24, 2.45) is 0 Å². The Hall–Kier alpha value is -3.41. The number of para-hydroxylation sites is 3. The molecular weight excluding hydrogens is 364 g/mol. The van der Waals surface area contributed by atoms with Crippen LogP contribution in [0.5, 0.6) is 0 Å². The minimum absolute atomic E-state index is 0.00170. The lowest BCUT2D eigenvalue weighted by molar-refractivity contribution is -0.122. The minimum atomic E-state index is -0.665. The summed E-state index contributed by atoms with van der Waals surface area (Å²) in [5.41, 5.74) is 3.40. The molecule has 0 aliphatic carbocycles. The molecule has 3 heterocycles. The maximum atomic E-state index is 13.3. The Morgan fingerprint density at radius 2 is 1.72 bits per heavy atom. The summed E-state index contributed by atoms with van der Waals surface area (Å²) >= 11 is 0. The van der Waals surface area contributed by atoms with Gasteiger partial charge in [-0.25, -0.2) is 0 Å². The van der Waals surface area contributed by atoms with E-state index in [0.717, 1.165) is 28.0 Å². The van der Waals surface area contributed by atoms with Gasteiger partial charge in [0.25, 0.3) is 5.91 Å². The molecule has 5 rings (SSSR count). The molecule has 146 valence electrons. The number of benzene rings is 2. The van der Waals surface area contributed by atoms with Gasteiger partial charge in [0, 0.05) is 24.2 Å². The third-order valence-corrected chi connectivity index (χ3v) is 5.96. The summed E-state index contributed by atoms with van der Waals surface area (Å²) in [6.07, 6.45) is 1.14.